The fourth-order valence-electron chi connectivity index (χ4n) is 1.83. The summed E-state index contributed by atoms with van der Waals surface area (Å²) in [5, 5.41) is 0. The number of nitrogens with two attached hydrogens (primary N) is 1. The van der Waals surface area contributed by atoms with Gasteiger partial charge >= 0.3 is 0 Å². The summed E-state index contributed by atoms with van der Waals surface area (Å²) in [4.78, 5) is 12.3. The number of hydrogen-bond acceptors (Lipinski definition) is 4. The molecule has 1 fully saturated rings. The number of hydrogen-bond donors (Lipinski definition) is 1. The van der Waals surface area contributed by atoms with Crippen molar-refractivity contribution in [3.05, 3.63) is 29.8 Å². The third-order valence-corrected chi connectivity index (χ3v) is 4.40. The molecule has 1 saturated carbocycles. The van der Waals surface area contributed by atoms with E-state index in [0.29, 0.717) is 12.1 Å². The molecule has 0 aromatic heterocycles. The van der Waals surface area contributed by atoms with Crippen molar-refractivity contribution in [2.45, 2.75) is 17.7 Å². The quantitative estimate of drug-likeness (QED) is 0.812. The van der Waals surface area contributed by atoms with E-state index in [1.54, 1.807) is 12.1 Å². The van der Waals surface area contributed by atoms with Crippen LogP contribution in [0.25, 0.3) is 0 Å². The van der Waals surface area contributed by atoms with Crippen LogP contribution in [0.3, 0.4) is 0 Å². The van der Waals surface area contributed by atoms with Crippen molar-refractivity contribution in [1.82, 2.24) is 0 Å². The number of carbonyl (C=O) groups excluding carboxylic acids is 1. The molecule has 1 aromatic rings. The van der Waals surface area contributed by atoms with Crippen LogP contribution in [0.2, 0.25) is 0 Å². The molecule has 0 bridgehead atoms. The number of sulfone groups is 1. The highest BCUT2D eigenvalue weighted by atomic mass is 32.2. The van der Waals surface area contributed by atoms with Gasteiger partial charge in [0.15, 0.2) is 15.6 Å². The lowest BCUT2D eigenvalue weighted by molar-refractivity contribution is 0.0905. The van der Waals surface area contributed by atoms with E-state index in [9.17, 15) is 13.2 Å². The largest absolute Gasteiger partial charge is 0.329 e. The number of rotatable bonds is 4. The molecule has 1 aliphatic rings. The first-order chi connectivity index (χ1) is 7.89. The van der Waals surface area contributed by atoms with Gasteiger partial charge in [0, 0.05) is 23.8 Å². The smallest absolute Gasteiger partial charge is 0.175 e. The second kappa shape index (κ2) is 3.92. The summed E-state index contributed by atoms with van der Waals surface area (Å²) in [5.41, 5.74) is 5.75. The van der Waals surface area contributed by atoms with Crippen LogP contribution in [-0.2, 0) is 9.84 Å². The average Bonchev–Trinajstić information content (AvgIpc) is 3.08. The van der Waals surface area contributed by atoms with Crippen molar-refractivity contribution in [3.63, 3.8) is 0 Å². The van der Waals surface area contributed by atoms with Gasteiger partial charge in [0.25, 0.3) is 0 Å². The first-order valence-corrected chi connectivity index (χ1v) is 7.33. The van der Waals surface area contributed by atoms with Crippen molar-refractivity contribution in [2.75, 3.05) is 12.8 Å². The molecule has 1 aliphatic carbocycles. The minimum Gasteiger partial charge on any atom is -0.329 e. The Labute approximate surface area is 101 Å². The summed E-state index contributed by atoms with van der Waals surface area (Å²) in [6, 6.07) is 6.06. The van der Waals surface area contributed by atoms with Crippen LogP contribution in [0.5, 0.6) is 0 Å². The molecule has 2 rings (SSSR count). The van der Waals surface area contributed by atoms with Gasteiger partial charge in [-0.2, -0.15) is 0 Å². The van der Waals surface area contributed by atoms with Crippen LogP contribution < -0.4 is 5.73 Å². The molecular weight excluding hydrogens is 238 g/mol. The first kappa shape index (κ1) is 12.3. The van der Waals surface area contributed by atoms with Crippen LogP contribution in [0.1, 0.15) is 23.2 Å². The molecule has 2 N–H and O–H groups in total. The van der Waals surface area contributed by atoms with Crippen LogP contribution >= 0.6 is 0 Å². The zero-order valence-electron chi connectivity index (χ0n) is 9.64. The summed E-state index contributed by atoms with van der Waals surface area (Å²) >= 11 is 0. The Kier molecular flexibility index (Phi) is 2.83. The van der Waals surface area contributed by atoms with Crippen molar-refractivity contribution < 1.29 is 13.2 Å². The standard InChI is InChI=1S/C12H15NO3S/c1-17(15,16)10-4-2-9(3-5-10)11(14)12(8-13)6-7-12/h2-5H,6-8,13H2,1H3. The van der Waals surface area contributed by atoms with E-state index in [1.165, 1.54) is 12.1 Å². The van der Waals surface area contributed by atoms with Gasteiger partial charge in [-0.15, -0.1) is 0 Å². The van der Waals surface area contributed by atoms with Gasteiger partial charge < -0.3 is 5.73 Å². The van der Waals surface area contributed by atoms with E-state index < -0.39 is 9.84 Å². The molecule has 0 spiro atoms. The molecule has 4 nitrogen and oxygen atoms in total. The van der Waals surface area contributed by atoms with Gasteiger partial charge in [-0.3, -0.25) is 4.79 Å². The van der Waals surface area contributed by atoms with Crippen LogP contribution in [-0.4, -0.2) is 27.0 Å². The van der Waals surface area contributed by atoms with Gasteiger partial charge in [-0.05, 0) is 25.0 Å². The zero-order chi connectivity index (χ0) is 12.7. The molecule has 0 atom stereocenters. The van der Waals surface area contributed by atoms with Crippen molar-refractivity contribution in [1.29, 1.82) is 0 Å². The van der Waals surface area contributed by atoms with E-state index in [0.717, 1.165) is 19.1 Å². The van der Waals surface area contributed by atoms with E-state index in [2.05, 4.69) is 0 Å². The maximum atomic E-state index is 12.1. The number of Topliss-reactive ketones (excluding diaryl/α,β-unsaturated/α-hetero) is 1. The highest BCUT2D eigenvalue weighted by Gasteiger charge is 2.48. The molecular formula is C12H15NO3S. The fraction of sp³-hybridized carbons (Fsp3) is 0.417. The molecule has 0 amide bonds. The molecule has 92 valence electrons. The summed E-state index contributed by atoms with van der Waals surface area (Å²) in [5.74, 6) is 0.0278. The molecule has 5 heteroatoms. The van der Waals surface area contributed by atoms with Gasteiger partial charge in [0.1, 0.15) is 0 Å². The number of ketones is 1. The Morgan fingerprint density at radius 3 is 2.18 bits per heavy atom. The second-order valence-corrected chi connectivity index (χ2v) is 6.63. The number of carbonyl (C=O) groups is 1. The molecule has 0 saturated heterocycles. The Balaban J connectivity index is 2.28. The molecule has 0 heterocycles. The Morgan fingerprint density at radius 2 is 1.82 bits per heavy atom. The summed E-state index contributed by atoms with van der Waals surface area (Å²) in [6.45, 7) is 0.361. The predicted octanol–water partition coefficient (Wildman–Crippen LogP) is 1.01. The molecule has 1 aromatic carbocycles. The SMILES string of the molecule is CS(=O)(=O)c1ccc(C(=O)C2(CN)CC2)cc1. The summed E-state index contributed by atoms with van der Waals surface area (Å²) in [6.07, 6.45) is 2.80. The van der Waals surface area contributed by atoms with Crippen molar-refractivity contribution in [3.8, 4) is 0 Å². The Hall–Kier alpha value is -1.20. The summed E-state index contributed by atoms with van der Waals surface area (Å²) < 4.78 is 22.5. The van der Waals surface area contributed by atoms with E-state index in [1.807, 2.05) is 0 Å². The normalized spacial score (nSPS) is 17.8. The summed E-state index contributed by atoms with van der Waals surface area (Å²) in [7, 11) is -3.21. The first-order valence-electron chi connectivity index (χ1n) is 5.44. The zero-order valence-corrected chi connectivity index (χ0v) is 10.5. The average molecular weight is 253 g/mol. The molecule has 0 unspecified atom stereocenters. The predicted molar refractivity (Wildman–Crippen MR) is 64.6 cm³/mol. The maximum Gasteiger partial charge on any atom is 0.175 e. The fourth-order valence-corrected chi connectivity index (χ4v) is 2.46. The highest BCUT2D eigenvalue weighted by Crippen LogP contribution is 2.47. The van der Waals surface area contributed by atoms with Gasteiger partial charge in [0.2, 0.25) is 0 Å². The maximum absolute atomic E-state index is 12.1. The molecule has 0 radical (unpaired) electrons. The van der Waals surface area contributed by atoms with E-state index in [-0.39, 0.29) is 16.1 Å². The lowest BCUT2D eigenvalue weighted by Crippen LogP contribution is -2.25. The van der Waals surface area contributed by atoms with Gasteiger partial charge in [-0.1, -0.05) is 12.1 Å². The van der Waals surface area contributed by atoms with Crippen LogP contribution in [0.4, 0.5) is 0 Å². The molecule has 17 heavy (non-hydrogen) atoms. The van der Waals surface area contributed by atoms with Gasteiger partial charge in [0.05, 0.1) is 4.90 Å². The lowest BCUT2D eigenvalue weighted by atomic mass is 9.95. The monoisotopic (exact) mass is 253 g/mol. The molecule has 0 aliphatic heterocycles. The topological polar surface area (TPSA) is 77.2 Å². The lowest BCUT2D eigenvalue weighted by Gasteiger charge is -2.10. The van der Waals surface area contributed by atoms with Crippen LogP contribution in [0.15, 0.2) is 29.2 Å². The third kappa shape index (κ3) is 2.25. The number of benzene rings is 1. The van der Waals surface area contributed by atoms with E-state index >= 15 is 0 Å². The van der Waals surface area contributed by atoms with Crippen LogP contribution in [0, 0.1) is 5.41 Å². The minimum atomic E-state index is -3.21. The Morgan fingerprint density at radius 1 is 1.29 bits per heavy atom. The minimum absolute atomic E-state index is 0.0278. The highest BCUT2D eigenvalue weighted by molar-refractivity contribution is 7.90. The second-order valence-electron chi connectivity index (χ2n) is 4.61. The third-order valence-electron chi connectivity index (χ3n) is 3.27. The van der Waals surface area contributed by atoms with Crippen molar-refractivity contribution >= 4 is 15.6 Å². The van der Waals surface area contributed by atoms with E-state index in [4.69, 9.17) is 5.73 Å². The van der Waals surface area contributed by atoms with Crippen molar-refractivity contribution in [2.24, 2.45) is 11.1 Å². The van der Waals surface area contributed by atoms with Gasteiger partial charge in [-0.25, -0.2) is 8.42 Å². The Bertz CT molecular complexity index is 542.